The molecule has 2 aromatic rings. The number of hydrogen-bond acceptors (Lipinski definition) is 5. The smallest absolute Gasteiger partial charge is 0.410 e. The third kappa shape index (κ3) is 4.73. The van der Waals surface area contributed by atoms with E-state index in [2.05, 4.69) is 26.2 Å². The Morgan fingerprint density at radius 1 is 1.36 bits per heavy atom. The van der Waals surface area contributed by atoms with Gasteiger partial charge in [0.25, 0.3) is 0 Å². The molecule has 1 aliphatic rings. The van der Waals surface area contributed by atoms with E-state index in [0.717, 1.165) is 21.8 Å². The minimum absolute atomic E-state index is 0.168. The summed E-state index contributed by atoms with van der Waals surface area (Å²) in [5, 5.41) is 3.66. The Morgan fingerprint density at radius 3 is 2.82 bits per heavy atom. The molecule has 1 saturated heterocycles. The molecule has 3 N–H and O–H groups in total. The maximum Gasteiger partial charge on any atom is 0.410 e. The van der Waals surface area contributed by atoms with Crippen LogP contribution in [-0.4, -0.2) is 40.6 Å². The molecule has 1 aromatic heterocycles. The zero-order valence-electron chi connectivity index (χ0n) is 16.3. The van der Waals surface area contributed by atoms with Crippen molar-refractivity contribution in [1.82, 2.24) is 9.88 Å². The number of amides is 2. The van der Waals surface area contributed by atoms with Crippen LogP contribution in [0, 0.1) is 5.92 Å². The Kier molecular flexibility index (Phi) is 5.79. The molecule has 1 unspecified atom stereocenters. The number of ether oxygens (including phenoxy) is 1. The first kappa shape index (κ1) is 20.4. The van der Waals surface area contributed by atoms with Gasteiger partial charge in [0.05, 0.1) is 29.0 Å². The van der Waals surface area contributed by atoms with Crippen LogP contribution in [0.25, 0.3) is 10.9 Å². The fourth-order valence-electron chi connectivity index (χ4n) is 3.21. The summed E-state index contributed by atoms with van der Waals surface area (Å²) in [6.45, 7) is 6.40. The number of anilines is 2. The summed E-state index contributed by atoms with van der Waals surface area (Å²) in [5.74, 6) is -0.487. The first-order valence-electron chi connectivity index (χ1n) is 9.26. The second kappa shape index (κ2) is 7.95. The van der Waals surface area contributed by atoms with Gasteiger partial charge >= 0.3 is 6.09 Å². The second-order valence-electron chi connectivity index (χ2n) is 8.00. The van der Waals surface area contributed by atoms with Crippen LogP contribution in [0.3, 0.4) is 0 Å². The lowest BCUT2D eigenvalue weighted by Gasteiger charge is -2.33. The van der Waals surface area contributed by atoms with Crippen molar-refractivity contribution in [3.8, 4) is 0 Å². The molecule has 2 heterocycles. The van der Waals surface area contributed by atoms with Crippen molar-refractivity contribution in [3.63, 3.8) is 0 Å². The van der Waals surface area contributed by atoms with Crippen molar-refractivity contribution in [2.75, 3.05) is 24.1 Å². The number of carbonyl (C=O) groups excluding carboxylic acids is 2. The minimum Gasteiger partial charge on any atom is -0.444 e. The number of carbonyl (C=O) groups is 2. The summed E-state index contributed by atoms with van der Waals surface area (Å²) in [6.07, 6.45) is 2.63. The molecule has 7 nitrogen and oxygen atoms in total. The van der Waals surface area contributed by atoms with Crippen LogP contribution in [0.5, 0.6) is 0 Å². The summed E-state index contributed by atoms with van der Waals surface area (Å²) < 4.78 is 6.33. The van der Waals surface area contributed by atoms with Crippen molar-refractivity contribution in [3.05, 3.63) is 28.9 Å². The Hall–Kier alpha value is -2.35. The number of nitrogens with zero attached hydrogens (tertiary/aromatic N) is 2. The fraction of sp³-hybridized carbons (Fsp3) is 0.450. The van der Waals surface area contributed by atoms with E-state index in [1.165, 1.54) is 0 Å². The number of piperidine rings is 1. The van der Waals surface area contributed by atoms with Crippen LogP contribution in [-0.2, 0) is 9.53 Å². The first-order chi connectivity index (χ1) is 13.1. The van der Waals surface area contributed by atoms with Gasteiger partial charge in [-0.2, -0.15) is 0 Å². The molecule has 0 spiro atoms. The number of fused-ring (bicyclic) bond motifs is 1. The molecule has 1 atom stereocenters. The number of aromatic nitrogens is 1. The molecule has 1 fully saturated rings. The van der Waals surface area contributed by atoms with Gasteiger partial charge < -0.3 is 20.7 Å². The van der Waals surface area contributed by atoms with Gasteiger partial charge in [0.1, 0.15) is 5.60 Å². The van der Waals surface area contributed by atoms with E-state index in [4.69, 9.17) is 10.5 Å². The van der Waals surface area contributed by atoms with E-state index < -0.39 is 5.60 Å². The highest BCUT2D eigenvalue weighted by atomic mass is 79.9. The molecule has 8 heteroatoms. The van der Waals surface area contributed by atoms with Crippen molar-refractivity contribution < 1.29 is 14.3 Å². The maximum absolute atomic E-state index is 12.8. The number of rotatable bonds is 2. The summed E-state index contributed by atoms with van der Waals surface area (Å²) in [6, 6.07) is 5.62. The van der Waals surface area contributed by atoms with Crippen molar-refractivity contribution in [2.45, 2.75) is 39.2 Å². The fourth-order valence-corrected chi connectivity index (χ4v) is 3.55. The number of likely N-dealkylation sites (tertiary alicyclic amines) is 1. The topological polar surface area (TPSA) is 97.5 Å². The molecule has 28 heavy (non-hydrogen) atoms. The molecule has 0 radical (unpaired) electrons. The third-order valence-electron chi connectivity index (χ3n) is 4.57. The highest BCUT2D eigenvalue weighted by Crippen LogP contribution is 2.30. The number of pyridine rings is 1. The van der Waals surface area contributed by atoms with Gasteiger partial charge in [-0.05, 0) is 51.8 Å². The maximum atomic E-state index is 12.8. The van der Waals surface area contributed by atoms with Gasteiger partial charge in [0, 0.05) is 22.9 Å². The SMILES string of the molecule is CC(C)(C)OC(=O)N1CCCC(C(=O)Nc2cnc3cc(Br)ccc3c2N)C1. The van der Waals surface area contributed by atoms with E-state index in [9.17, 15) is 9.59 Å². The highest BCUT2D eigenvalue weighted by Gasteiger charge is 2.31. The zero-order chi connectivity index (χ0) is 20.5. The first-order valence-corrected chi connectivity index (χ1v) is 10.1. The molecule has 0 aliphatic carbocycles. The van der Waals surface area contributed by atoms with Crippen LogP contribution >= 0.6 is 15.9 Å². The Morgan fingerprint density at radius 2 is 2.11 bits per heavy atom. The van der Waals surface area contributed by atoms with Gasteiger partial charge in [-0.25, -0.2) is 4.79 Å². The molecule has 0 saturated carbocycles. The van der Waals surface area contributed by atoms with Crippen molar-refractivity contribution in [1.29, 1.82) is 0 Å². The number of nitrogens with one attached hydrogen (secondary N) is 1. The van der Waals surface area contributed by atoms with E-state index in [1.54, 1.807) is 11.1 Å². The van der Waals surface area contributed by atoms with Crippen LogP contribution in [0.4, 0.5) is 16.2 Å². The molecule has 1 aliphatic heterocycles. The number of halogens is 1. The van der Waals surface area contributed by atoms with E-state index >= 15 is 0 Å². The predicted molar refractivity (Wildman–Crippen MR) is 113 cm³/mol. The molecular formula is C20H25BrN4O3. The Labute approximate surface area is 172 Å². The van der Waals surface area contributed by atoms with Gasteiger partial charge in [0.15, 0.2) is 0 Å². The summed E-state index contributed by atoms with van der Waals surface area (Å²) in [7, 11) is 0. The Balaban J connectivity index is 1.70. The zero-order valence-corrected chi connectivity index (χ0v) is 17.9. The standard InChI is InChI=1S/C20H25BrN4O3/c1-20(2,3)28-19(27)25-8-4-5-12(11-25)18(26)24-16-10-23-15-9-13(21)6-7-14(15)17(16)22/h6-7,9-10,12H,4-5,8,11H2,1-3H3,(H2,22,23)(H,24,26). The second-order valence-corrected chi connectivity index (χ2v) is 8.92. The van der Waals surface area contributed by atoms with Gasteiger partial charge in [-0.15, -0.1) is 0 Å². The minimum atomic E-state index is -0.563. The van der Waals surface area contributed by atoms with Crippen molar-refractivity contribution in [2.24, 2.45) is 5.92 Å². The largest absolute Gasteiger partial charge is 0.444 e. The molecule has 3 rings (SSSR count). The Bertz CT molecular complexity index is 910. The third-order valence-corrected chi connectivity index (χ3v) is 5.07. The lowest BCUT2D eigenvalue weighted by Crippen LogP contribution is -2.45. The van der Waals surface area contributed by atoms with E-state index in [1.807, 2.05) is 39.0 Å². The van der Waals surface area contributed by atoms with Crippen LogP contribution < -0.4 is 11.1 Å². The average molecular weight is 449 g/mol. The van der Waals surface area contributed by atoms with Gasteiger partial charge in [-0.1, -0.05) is 15.9 Å². The molecule has 2 amide bonds. The lowest BCUT2D eigenvalue weighted by molar-refractivity contribution is -0.121. The number of hydrogen-bond donors (Lipinski definition) is 2. The normalized spacial score (nSPS) is 17.4. The van der Waals surface area contributed by atoms with E-state index in [0.29, 0.717) is 30.9 Å². The molecular weight excluding hydrogens is 424 g/mol. The van der Waals surface area contributed by atoms with Crippen LogP contribution in [0.2, 0.25) is 0 Å². The highest BCUT2D eigenvalue weighted by molar-refractivity contribution is 9.10. The van der Waals surface area contributed by atoms with Gasteiger partial charge in [-0.3, -0.25) is 9.78 Å². The molecule has 0 bridgehead atoms. The molecule has 150 valence electrons. The van der Waals surface area contributed by atoms with Gasteiger partial charge in [0.2, 0.25) is 5.91 Å². The number of benzene rings is 1. The summed E-state index contributed by atoms with van der Waals surface area (Å²) in [4.78, 5) is 31.1. The van der Waals surface area contributed by atoms with Crippen LogP contribution in [0.1, 0.15) is 33.6 Å². The van der Waals surface area contributed by atoms with Crippen LogP contribution in [0.15, 0.2) is 28.9 Å². The number of nitrogens with two attached hydrogens (primary N) is 1. The quantitative estimate of drug-likeness (QED) is 0.718. The van der Waals surface area contributed by atoms with Crippen molar-refractivity contribution >= 4 is 50.2 Å². The summed E-state index contributed by atoms with van der Waals surface area (Å²) in [5.41, 5.74) is 7.38. The predicted octanol–water partition coefficient (Wildman–Crippen LogP) is 4.17. The average Bonchev–Trinajstić information content (AvgIpc) is 2.62. The number of nitrogen functional groups attached to an aromatic ring is 1. The molecule has 1 aromatic carbocycles. The lowest BCUT2D eigenvalue weighted by atomic mass is 9.97. The summed E-state index contributed by atoms with van der Waals surface area (Å²) >= 11 is 3.41. The van der Waals surface area contributed by atoms with E-state index in [-0.39, 0.29) is 17.9 Å². The monoisotopic (exact) mass is 448 g/mol.